The third kappa shape index (κ3) is 6.30. The molecule has 0 saturated carbocycles. The minimum absolute atomic E-state index is 0.0120. The molecule has 0 radical (unpaired) electrons. The van der Waals surface area contributed by atoms with E-state index in [1.807, 2.05) is 20.8 Å². The molecule has 8 nitrogen and oxygen atoms in total. The molecule has 2 aromatic rings. The SMILES string of the molecule is CCOc1cc([C@@H]2C(=C(O)c3ccc(OCC(C)C)c(C)c3)C(=O)C(=O)N2CCN(CC)CC)ccc1O. The van der Waals surface area contributed by atoms with E-state index in [9.17, 15) is 19.8 Å². The molecule has 1 fully saturated rings. The summed E-state index contributed by atoms with van der Waals surface area (Å²) < 4.78 is 11.4. The fourth-order valence-electron chi connectivity index (χ4n) is 4.59. The number of aliphatic hydroxyl groups is 1. The number of phenols is 1. The van der Waals surface area contributed by atoms with Gasteiger partial charge in [0.25, 0.3) is 11.7 Å². The van der Waals surface area contributed by atoms with Gasteiger partial charge in [0.1, 0.15) is 11.5 Å². The molecule has 0 spiro atoms. The number of Topliss-reactive ketones (excluding diaryl/α,β-unsaturated/α-hetero) is 1. The predicted molar refractivity (Wildman–Crippen MR) is 148 cm³/mol. The Morgan fingerprint density at radius 2 is 1.74 bits per heavy atom. The van der Waals surface area contributed by atoms with Crippen molar-refractivity contribution in [1.29, 1.82) is 0 Å². The maximum Gasteiger partial charge on any atom is 0.295 e. The molecule has 3 rings (SSSR count). The first kappa shape index (κ1) is 29.0. The fraction of sp³-hybridized carbons (Fsp3) is 0.467. The van der Waals surface area contributed by atoms with Crippen molar-refractivity contribution in [3.63, 3.8) is 0 Å². The molecule has 0 bridgehead atoms. The first-order chi connectivity index (χ1) is 18.1. The Morgan fingerprint density at radius 3 is 2.34 bits per heavy atom. The second-order valence-corrected chi connectivity index (χ2v) is 9.86. The molecule has 1 amide bonds. The Labute approximate surface area is 225 Å². The second kappa shape index (κ2) is 12.8. The Hall–Kier alpha value is -3.52. The standard InChI is InChI=1S/C30H40N2O6/c1-7-31(8-2)14-15-32-27(21-10-12-23(33)25(17-21)37-9-3)26(29(35)30(32)36)28(34)22-11-13-24(20(6)16-22)38-18-19(4)5/h10-13,16-17,19,27,33-34H,7-9,14-15,18H2,1-6H3/t27-/m1/s1. The second-order valence-electron chi connectivity index (χ2n) is 9.86. The van der Waals surface area contributed by atoms with E-state index in [1.54, 1.807) is 37.3 Å². The Kier molecular flexibility index (Phi) is 9.80. The van der Waals surface area contributed by atoms with Gasteiger partial charge in [0.05, 0.1) is 24.8 Å². The first-order valence-corrected chi connectivity index (χ1v) is 13.3. The van der Waals surface area contributed by atoms with E-state index in [-0.39, 0.29) is 22.8 Å². The molecule has 2 N–H and O–H groups in total. The number of aryl methyl sites for hydroxylation is 1. The van der Waals surface area contributed by atoms with Crippen LogP contribution < -0.4 is 9.47 Å². The third-order valence-corrected chi connectivity index (χ3v) is 6.71. The molecular weight excluding hydrogens is 484 g/mol. The molecule has 0 unspecified atom stereocenters. The van der Waals surface area contributed by atoms with Gasteiger partial charge in [0, 0.05) is 18.7 Å². The molecular formula is C30H40N2O6. The molecule has 0 aliphatic carbocycles. The van der Waals surface area contributed by atoms with Gasteiger partial charge in [-0.25, -0.2) is 0 Å². The van der Waals surface area contributed by atoms with E-state index >= 15 is 0 Å². The highest BCUT2D eigenvalue weighted by molar-refractivity contribution is 6.46. The highest BCUT2D eigenvalue weighted by Crippen LogP contribution is 2.42. The Morgan fingerprint density at radius 1 is 1.03 bits per heavy atom. The van der Waals surface area contributed by atoms with Crippen molar-refractivity contribution >= 4 is 17.4 Å². The largest absolute Gasteiger partial charge is 0.507 e. The van der Waals surface area contributed by atoms with Crippen LogP contribution in [0.3, 0.4) is 0 Å². The summed E-state index contributed by atoms with van der Waals surface area (Å²) in [5.41, 5.74) is 1.82. The van der Waals surface area contributed by atoms with Crippen molar-refractivity contribution < 1.29 is 29.3 Å². The molecule has 1 aliphatic rings. The molecule has 1 aliphatic heterocycles. The molecule has 38 heavy (non-hydrogen) atoms. The molecule has 0 aromatic heterocycles. The van der Waals surface area contributed by atoms with Gasteiger partial charge in [0.15, 0.2) is 11.5 Å². The van der Waals surface area contributed by atoms with Gasteiger partial charge in [0.2, 0.25) is 0 Å². The number of hydrogen-bond donors (Lipinski definition) is 2. The van der Waals surface area contributed by atoms with Gasteiger partial charge >= 0.3 is 0 Å². The van der Waals surface area contributed by atoms with Crippen LogP contribution in [0.1, 0.15) is 57.4 Å². The van der Waals surface area contributed by atoms with Crippen LogP contribution in [0.2, 0.25) is 0 Å². The minimum atomic E-state index is -0.831. The van der Waals surface area contributed by atoms with E-state index in [0.29, 0.717) is 49.1 Å². The number of rotatable bonds is 12. The lowest BCUT2D eigenvalue weighted by Crippen LogP contribution is -2.38. The van der Waals surface area contributed by atoms with Gasteiger partial charge in [-0.05, 0) is 74.3 Å². The van der Waals surface area contributed by atoms with Gasteiger partial charge in [-0.15, -0.1) is 0 Å². The number of aromatic hydroxyl groups is 1. The first-order valence-electron chi connectivity index (χ1n) is 13.3. The van der Waals surface area contributed by atoms with Crippen molar-refractivity contribution in [3.05, 3.63) is 58.7 Å². The highest BCUT2D eigenvalue weighted by atomic mass is 16.5. The van der Waals surface area contributed by atoms with Crippen LogP contribution in [0.4, 0.5) is 0 Å². The van der Waals surface area contributed by atoms with E-state index in [2.05, 4.69) is 18.7 Å². The van der Waals surface area contributed by atoms with Crippen LogP contribution in [-0.4, -0.2) is 71.1 Å². The quantitative estimate of drug-likeness (QED) is 0.231. The van der Waals surface area contributed by atoms with E-state index in [1.165, 1.54) is 11.0 Å². The average Bonchev–Trinajstić information content (AvgIpc) is 3.14. The topological polar surface area (TPSA) is 99.5 Å². The predicted octanol–water partition coefficient (Wildman–Crippen LogP) is 4.90. The average molecular weight is 525 g/mol. The number of carbonyl (C=O) groups excluding carboxylic acids is 2. The van der Waals surface area contributed by atoms with Gasteiger partial charge < -0.3 is 29.5 Å². The Balaban J connectivity index is 2.11. The zero-order chi connectivity index (χ0) is 28.0. The van der Waals surface area contributed by atoms with E-state index in [4.69, 9.17) is 9.47 Å². The minimum Gasteiger partial charge on any atom is -0.507 e. The van der Waals surface area contributed by atoms with Crippen LogP contribution in [0.15, 0.2) is 42.0 Å². The number of aliphatic hydroxyl groups excluding tert-OH is 1. The number of likely N-dealkylation sites (N-methyl/N-ethyl adjacent to an activating group) is 1. The molecule has 1 heterocycles. The van der Waals surface area contributed by atoms with Crippen molar-refractivity contribution in [1.82, 2.24) is 9.80 Å². The fourth-order valence-corrected chi connectivity index (χ4v) is 4.59. The summed E-state index contributed by atoms with van der Waals surface area (Å²) in [5.74, 6) is -0.374. The van der Waals surface area contributed by atoms with E-state index in [0.717, 1.165) is 18.7 Å². The maximum absolute atomic E-state index is 13.4. The zero-order valence-corrected chi connectivity index (χ0v) is 23.3. The normalized spacial score (nSPS) is 17.1. The van der Waals surface area contributed by atoms with Gasteiger partial charge in [-0.2, -0.15) is 0 Å². The number of hydrogen-bond acceptors (Lipinski definition) is 7. The molecule has 1 saturated heterocycles. The summed E-state index contributed by atoms with van der Waals surface area (Å²) >= 11 is 0. The van der Waals surface area contributed by atoms with Crippen LogP contribution >= 0.6 is 0 Å². The van der Waals surface area contributed by atoms with Crippen molar-refractivity contribution in [2.75, 3.05) is 39.4 Å². The summed E-state index contributed by atoms with van der Waals surface area (Å²) in [5, 5.41) is 21.7. The number of likely N-dealkylation sites (tertiary alicyclic amines) is 1. The maximum atomic E-state index is 13.4. The van der Waals surface area contributed by atoms with Crippen molar-refractivity contribution in [2.45, 2.75) is 47.6 Å². The van der Waals surface area contributed by atoms with Crippen LogP contribution in [-0.2, 0) is 9.59 Å². The molecule has 8 heteroatoms. The van der Waals surface area contributed by atoms with Crippen molar-refractivity contribution in [2.24, 2.45) is 5.92 Å². The van der Waals surface area contributed by atoms with Gasteiger partial charge in [-0.3, -0.25) is 9.59 Å². The Bertz CT molecular complexity index is 1190. The number of ketones is 1. The smallest absolute Gasteiger partial charge is 0.295 e. The summed E-state index contributed by atoms with van der Waals surface area (Å²) in [4.78, 5) is 30.3. The number of carbonyl (C=O) groups is 2. The third-order valence-electron chi connectivity index (χ3n) is 6.71. The van der Waals surface area contributed by atoms with Crippen LogP contribution in [0.25, 0.3) is 5.76 Å². The van der Waals surface area contributed by atoms with Crippen LogP contribution in [0.5, 0.6) is 17.2 Å². The van der Waals surface area contributed by atoms with Gasteiger partial charge in [-0.1, -0.05) is 33.8 Å². The van der Waals surface area contributed by atoms with Crippen molar-refractivity contribution in [3.8, 4) is 17.2 Å². The lowest BCUT2D eigenvalue weighted by atomic mass is 9.94. The molecule has 206 valence electrons. The monoisotopic (exact) mass is 524 g/mol. The summed E-state index contributed by atoms with van der Waals surface area (Å²) in [6, 6.07) is 9.15. The van der Waals surface area contributed by atoms with E-state index < -0.39 is 17.7 Å². The lowest BCUT2D eigenvalue weighted by Gasteiger charge is -2.28. The summed E-state index contributed by atoms with van der Waals surface area (Å²) in [6.07, 6.45) is 0. The zero-order valence-electron chi connectivity index (χ0n) is 23.3. The highest BCUT2D eigenvalue weighted by Gasteiger charge is 2.46. The number of benzene rings is 2. The number of amides is 1. The summed E-state index contributed by atoms with van der Waals surface area (Å²) in [6.45, 7) is 15.3. The molecule has 2 aromatic carbocycles. The lowest BCUT2D eigenvalue weighted by molar-refractivity contribution is -0.140. The number of nitrogens with zero attached hydrogens (tertiary/aromatic N) is 2. The summed E-state index contributed by atoms with van der Waals surface area (Å²) in [7, 11) is 0. The molecule has 1 atom stereocenters. The van der Waals surface area contributed by atoms with Crippen LogP contribution in [0, 0.1) is 12.8 Å². The number of phenolic OH excluding ortho intramolecular Hbond substituents is 1. The number of ether oxygens (including phenoxy) is 2.